The van der Waals surface area contributed by atoms with Gasteiger partial charge in [0.15, 0.2) is 0 Å². The summed E-state index contributed by atoms with van der Waals surface area (Å²) in [6, 6.07) is 10.6. The van der Waals surface area contributed by atoms with E-state index in [9.17, 15) is 0 Å². The number of aromatic nitrogens is 1. The molecule has 0 saturated heterocycles. The van der Waals surface area contributed by atoms with E-state index in [1.54, 1.807) is 0 Å². The summed E-state index contributed by atoms with van der Waals surface area (Å²) in [5.41, 5.74) is 3.79. The zero-order chi connectivity index (χ0) is 9.97. The van der Waals surface area contributed by atoms with Crippen LogP contribution in [0.15, 0.2) is 42.7 Å². The minimum absolute atomic E-state index is 1.19. The summed E-state index contributed by atoms with van der Waals surface area (Å²) >= 11 is 2.31. The van der Waals surface area contributed by atoms with Gasteiger partial charge in [-0.05, 0) is 46.7 Å². The molecule has 0 aliphatic carbocycles. The molecule has 0 bridgehead atoms. The van der Waals surface area contributed by atoms with Gasteiger partial charge >= 0.3 is 0 Å². The van der Waals surface area contributed by atoms with Gasteiger partial charge in [0.05, 0.1) is 0 Å². The summed E-state index contributed by atoms with van der Waals surface area (Å²) in [5.74, 6) is 0. The fraction of sp³-hybridized carbons (Fsp3) is 0.0833. The lowest BCUT2D eigenvalue weighted by Gasteiger charge is -2.03. The van der Waals surface area contributed by atoms with E-state index in [0.717, 1.165) is 0 Å². The van der Waals surface area contributed by atoms with Crippen LogP contribution >= 0.6 is 22.6 Å². The van der Waals surface area contributed by atoms with Gasteiger partial charge in [0.1, 0.15) is 0 Å². The summed E-state index contributed by atoms with van der Waals surface area (Å²) < 4.78 is 1.19. The number of hydrogen-bond donors (Lipinski definition) is 0. The van der Waals surface area contributed by atoms with Crippen molar-refractivity contribution < 1.29 is 0 Å². The molecule has 0 amide bonds. The zero-order valence-electron chi connectivity index (χ0n) is 7.87. The first-order valence-electron chi connectivity index (χ1n) is 4.44. The van der Waals surface area contributed by atoms with Gasteiger partial charge in [-0.3, -0.25) is 4.98 Å². The molecule has 70 valence electrons. The molecule has 14 heavy (non-hydrogen) atoms. The van der Waals surface area contributed by atoms with Crippen LogP contribution in [-0.2, 0) is 0 Å². The smallest absolute Gasteiger partial charge is 0.0407 e. The Morgan fingerprint density at radius 3 is 2.43 bits per heavy atom. The molecule has 0 spiro atoms. The number of benzene rings is 1. The Morgan fingerprint density at radius 1 is 1.07 bits per heavy atom. The summed E-state index contributed by atoms with van der Waals surface area (Å²) in [6.07, 6.45) is 3.72. The number of halogens is 1. The Balaban J connectivity index is 2.50. The largest absolute Gasteiger partial charge is 0.264 e. The highest BCUT2D eigenvalue weighted by Gasteiger charge is 2.00. The number of pyridine rings is 1. The fourth-order valence-corrected chi connectivity index (χ4v) is 1.99. The van der Waals surface area contributed by atoms with Gasteiger partial charge in [-0.15, -0.1) is 0 Å². The molecule has 1 heterocycles. The maximum atomic E-state index is 4.08. The minimum Gasteiger partial charge on any atom is -0.264 e. The predicted molar refractivity (Wildman–Crippen MR) is 67.1 cm³/mol. The molecule has 0 aliphatic rings. The Kier molecular flexibility index (Phi) is 2.82. The van der Waals surface area contributed by atoms with E-state index in [1.807, 2.05) is 18.5 Å². The van der Waals surface area contributed by atoms with Crippen LogP contribution in [-0.4, -0.2) is 4.98 Å². The molecule has 1 nitrogen and oxygen atoms in total. The first-order chi connectivity index (χ1) is 6.77. The van der Waals surface area contributed by atoms with Crippen molar-refractivity contribution in [3.05, 3.63) is 51.9 Å². The van der Waals surface area contributed by atoms with Crippen LogP contribution in [0.4, 0.5) is 0 Å². The molecule has 1 aromatic heterocycles. The maximum Gasteiger partial charge on any atom is 0.0407 e. The third-order valence-electron chi connectivity index (χ3n) is 2.14. The highest BCUT2D eigenvalue weighted by Crippen LogP contribution is 2.24. The van der Waals surface area contributed by atoms with E-state index in [0.29, 0.717) is 0 Å². The molecule has 1 aromatic carbocycles. The third-order valence-corrected chi connectivity index (χ3v) is 2.99. The van der Waals surface area contributed by atoms with Crippen LogP contribution in [0.3, 0.4) is 0 Å². The molecule has 0 N–H and O–H groups in total. The Hall–Kier alpha value is -0.900. The Morgan fingerprint density at radius 2 is 1.79 bits per heavy atom. The normalized spacial score (nSPS) is 10.1. The lowest BCUT2D eigenvalue weighted by Crippen LogP contribution is -1.84. The van der Waals surface area contributed by atoms with Gasteiger partial charge in [-0.25, -0.2) is 0 Å². The van der Waals surface area contributed by atoms with Crippen molar-refractivity contribution >= 4 is 22.6 Å². The zero-order valence-corrected chi connectivity index (χ0v) is 10.0. The molecule has 0 aliphatic heterocycles. The lowest BCUT2D eigenvalue weighted by molar-refractivity contribution is 1.31. The average molecular weight is 295 g/mol. The summed E-state index contributed by atoms with van der Waals surface area (Å²) in [4.78, 5) is 4.08. The number of nitrogens with zero attached hydrogens (tertiary/aromatic N) is 1. The molecule has 0 fully saturated rings. The predicted octanol–water partition coefficient (Wildman–Crippen LogP) is 3.66. The maximum absolute atomic E-state index is 4.08. The van der Waals surface area contributed by atoms with Crippen LogP contribution in [0, 0.1) is 10.5 Å². The van der Waals surface area contributed by atoms with Gasteiger partial charge in [0, 0.05) is 16.0 Å². The van der Waals surface area contributed by atoms with Crippen LogP contribution in [0.5, 0.6) is 0 Å². The van der Waals surface area contributed by atoms with Crippen molar-refractivity contribution in [3.8, 4) is 11.1 Å². The van der Waals surface area contributed by atoms with Crippen LogP contribution in [0.2, 0.25) is 0 Å². The Bertz CT molecular complexity index is 434. The van der Waals surface area contributed by atoms with Gasteiger partial charge in [0.25, 0.3) is 0 Å². The molecule has 0 unspecified atom stereocenters. The van der Waals surface area contributed by atoms with Crippen molar-refractivity contribution in [3.63, 3.8) is 0 Å². The van der Waals surface area contributed by atoms with Gasteiger partial charge in [-0.1, -0.05) is 29.8 Å². The highest BCUT2D eigenvalue weighted by atomic mass is 127. The SMILES string of the molecule is Cc1ccc(-c2ccncc2I)cc1. The van der Waals surface area contributed by atoms with Crippen molar-refractivity contribution in [2.24, 2.45) is 0 Å². The molecule has 2 rings (SSSR count). The highest BCUT2D eigenvalue weighted by molar-refractivity contribution is 14.1. The quantitative estimate of drug-likeness (QED) is 0.732. The standard InChI is InChI=1S/C12H10IN/c1-9-2-4-10(5-3-9)11-6-7-14-8-12(11)13/h2-8H,1H3. The molecule has 0 atom stereocenters. The number of rotatable bonds is 1. The second-order valence-electron chi connectivity index (χ2n) is 3.22. The van der Waals surface area contributed by atoms with E-state index < -0.39 is 0 Å². The first kappa shape index (κ1) is 9.65. The average Bonchev–Trinajstić information content (AvgIpc) is 2.20. The minimum atomic E-state index is 1.19. The van der Waals surface area contributed by atoms with E-state index in [4.69, 9.17) is 0 Å². The van der Waals surface area contributed by atoms with Gasteiger partial charge in [0.2, 0.25) is 0 Å². The van der Waals surface area contributed by atoms with Gasteiger partial charge < -0.3 is 0 Å². The van der Waals surface area contributed by atoms with Crippen LogP contribution < -0.4 is 0 Å². The third kappa shape index (κ3) is 1.95. The second-order valence-corrected chi connectivity index (χ2v) is 4.38. The lowest BCUT2D eigenvalue weighted by atomic mass is 10.1. The molecular formula is C12H10IN. The number of hydrogen-bond acceptors (Lipinski definition) is 1. The number of aryl methyl sites for hydroxylation is 1. The van der Waals surface area contributed by atoms with Gasteiger partial charge in [-0.2, -0.15) is 0 Å². The van der Waals surface area contributed by atoms with Crippen LogP contribution in [0.1, 0.15) is 5.56 Å². The van der Waals surface area contributed by atoms with Crippen molar-refractivity contribution in [2.75, 3.05) is 0 Å². The van der Waals surface area contributed by atoms with Crippen molar-refractivity contribution in [1.29, 1.82) is 0 Å². The van der Waals surface area contributed by atoms with Crippen molar-refractivity contribution in [1.82, 2.24) is 4.98 Å². The molecule has 0 saturated carbocycles. The fourth-order valence-electron chi connectivity index (χ4n) is 1.34. The molecule has 2 heteroatoms. The monoisotopic (exact) mass is 295 g/mol. The molecule has 2 aromatic rings. The van der Waals surface area contributed by atoms with Crippen LogP contribution in [0.25, 0.3) is 11.1 Å². The molecule has 0 radical (unpaired) electrons. The van der Waals surface area contributed by atoms with Crippen molar-refractivity contribution in [2.45, 2.75) is 6.92 Å². The summed E-state index contributed by atoms with van der Waals surface area (Å²) in [6.45, 7) is 2.10. The van der Waals surface area contributed by atoms with E-state index >= 15 is 0 Å². The second kappa shape index (κ2) is 4.09. The van der Waals surface area contributed by atoms with E-state index in [1.165, 1.54) is 20.3 Å². The topological polar surface area (TPSA) is 12.9 Å². The van der Waals surface area contributed by atoms with E-state index in [-0.39, 0.29) is 0 Å². The first-order valence-corrected chi connectivity index (χ1v) is 5.52. The van der Waals surface area contributed by atoms with E-state index in [2.05, 4.69) is 58.8 Å². The summed E-state index contributed by atoms with van der Waals surface area (Å²) in [7, 11) is 0. The Labute approximate surface area is 97.3 Å². The molecular weight excluding hydrogens is 285 g/mol. The summed E-state index contributed by atoms with van der Waals surface area (Å²) in [5, 5.41) is 0.